The lowest BCUT2D eigenvalue weighted by atomic mass is 10.2. The Morgan fingerprint density at radius 1 is 1.10 bits per heavy atom. The number of rotatable bonds is 4. The summed E-state index contributed by atoms with van der Waals surface area (Å²) in [5.74, 6) is 0.645. The minimum absolute atomic E-state index is 0.181. The maximum atomic E-state index is 11.9. The van der Waals surface area contributed by atoms with Crippen molar-refractivity contribution in [2.24, 2.45) is 0 Å². The predicted molar refractivity (Wildman–Crippen MR) is 75.1 cm³/mol. The zero-order chi connectivity index (χ0) is 14.5. The number of carbonyl (C=O) groups is 1. The first-order valence-electron chi connectivity index (χ1n) is 6.39. The van der Waals surface area contributed by atoms with Gasteiger partial charge in [0.05, 0.1) is 6.54 Å². The van der Waals surface area contributed by atoms with E-state index in [1.165, 1.54) is 0 Å². The van der Waals surface area contributed by atoms with E-state index in [0.29, 0.717) is 17.3 Å². The summed E-state index contributed by atoms with van der Waals surface area (Å²) >= 11 is 0. The summed E-state index contributed by atoms with van der Waals surface area (Å²) in [4.78, 5) is 20.0. The Kier molecular flexibility index (Phi) is 3.68. The first-order valence-corrected chi connectivity index (χ1v) is 6.39. The second-order valence-electron chi connectivity index (χ2n) is 4.30. The Morgan fingerprint density at radius 2 is 1.86 bits per heavy atom. The van der Waals surface area contributed by atoms with Gasteiger partial charge in [-0.05, 0) is 24.3 Å². The van der Waals surface area contributed by atoms with E-state index in [-0.39, 0.29) is 12.5 Å². The molecule has 2 aromatic heterocycles. The zero-order valence-electron chi connectivity index (χ0n) is 11.1. The van der Waals surface area contributed by atoms with E-state index in [4.69, 9.17) is 4.52 Å². The van der Waals surface area contributed by atoms with Crippen molar-refractivity contribution >= 4 is 5.91 Å². The summed E-state index contributed by atoms with van der Waals surface area (Å²) in [5, 5.41) is 6.60. The molecule has 2 heterocycles. The van der Waals surface area contributed by atoms with Crippen LogP contribution in [0, 0.1) is 0 Å². The maximum Gasteiger partial charge on any atom is 0.251 e. The van der Waals surface area contributed by atoms with Gasteiger partial charge in [0.15, 0.2) is 0 Å². The highest BCUT2D eigenvalue weighted by Gasteiger charge is 2.10. The molecule has 0 bridgehead atoms. The third-order valence-electron chi connectivity index (χ3n) is 2.84. The average Bonchev–Trinajstić information content (AvgIpc) is 3.03. The second-order valence-corrected chi connectivity index (χ2v) is 4.30. The normalized spacial score (nSPS) is 10.3. The molecule has 0 saturated carbocycles. The van der Waals surface area contributed by atoms with E-state index >= 15 is 0 Å². The monoisotopic (exact) mass is 280 g/mol. The molecule has 1 aromatic carbocycles. The molecule has 21 heavy (non-hydrogen) atoms. The summed E-state index contributed by atoms with van der Waals surface area (Å²) in [5.41, 5.74) is 1.40. The molecule has 1 N–H and O–H groups in total. The smallest absolute Gasteiger partial charge is 0.251 e. The van der Waals surface area contributed by atoms with Gasteiger partial charge < -0.3 is 9.84 Å². The molecule has 0 unspecified atom stereocenters. The van der Waals surface area contributed by atoms with Crippen molar-refractivity contribution in [2.75, 3.05) is 0 Å². The number of aromatic nitrogens is 3. The number of pyridine rings is 1. The molecular formula is C15H12N4O2. The fourth-order valence-electron chi connectivity index (χ4n) is 1.79. The Balaban J connectivity index is 1.64. The van der Waals surface area contributed by atoms with Gasteiger partial charge in [-0.2, -0.15) is 4.98 Å². The largest absolute Gasteiger partial charge is 0.343 e. The van der Waals surface area contributed by atoms with Crippen molar-refractivity contribution < 1.29 is 9.32 Å². The first-order chi connectivity index (χ1) is 10.3. The Bertz CT molecular complexity index is 726. The van der Waals surface area contributed by atoms with Crippen molar-refractivity contribution in [3.63, 3.8) is 0 Å². The van der Waals surface area contributed by atoms with Crippen molar-refractivity contribution in [3.8, 4) is 11.4 Å². The van der Waals surface area contributed by atoms with Crippen LogP contribution in [0.4, 0.5) is 0 Å². The predicted octanol–water partition coefficient (Wildman–Crippen LogP) is 2.06. The molecule has 0 fully saturated rings. The molecule has 0 aliphatic heterocycles. The molecule has 0 aliphatic carbocycles. The van der Waals surface area contributed by atoms with E-state index in [1.54, 1.807) is 36.7 Å². The van der Waals surface area contributed by atoms with Gasteiger partial charge in [0.1, 0.15) is 0 Å². The number of hydrogen-bond donors (Lipinski definition) is 1. The summed E-state index contributed by atoms with van der Waals surface area (Å²) < 4.78 is 5.11. The van der Waals surface area contributed by atoms with E-state index in [2.05, 4.69) is 20.4 Å². The molecule has 0 saturated heterocycles. The Labute approximate surface area is 120 Å². The van der Waals surface area contributed by atoms with Crippen LogP contribution in [0.15, 0.2) is 59.4 Å². The lowest BCUT2D eigenvalue weighted by Gasteiger charge is -2.01. The van der Waals surface area contributed by atoms with Gasteiger partial charge in [0.2, 0.25) is 11.7 Å². The zero-order valence-corrected chi connectivity index (χ0v) is 11.1. The standard InChI is InChI=1S/C15H12N4O2/c20-15(12-4-2-1-3-5-12)17-10-13-18-14(19-21-13)11-6-8-16-9-7-11/h1-9H,10H2,(H,17,20). The van der Waals surface area contributed by atoms with Gasteiger partial charge >= 0.3 is 0 Å². The van der Waals surface area contributed by atoms with Gasteiger partial charge in [-0.1, -0.05) is 23.4 Å². The van der Waals surface area contributed by atoms with Gasteiger partial charge in [-0.15, -0.1) is 0 Å². The van der Waals surface area contributed by atoms with Gasteiger partial charge in [-0.3, -0.25) is 9.78 Å². The SMILES string of the molecule is O=C(NCc1nc(-c2ccncc2)no1)c1ccccc1. The molecule has 1 amide bonds. The van der Waals surface area contributed by atoms with E-state index < -0.39 is 0 Å². The van der Waals surface area contributed by atoms with Gasteiger partial charge in [-0.25, -0.2) is 0 Å². The number of nitrogens with zero attached hydrogens (tertiary/aromatic N) is 3. The minimum Gasteiger partial charge on any atom is -0.343 e. The number of nitrogens with one attached hydrogen (secondary N) is 1. The van der Waals surface area contributed by atoms with Crippen molar-refractivity contribution in [1.29, 1.82) is 0 Å². The quantitative estimate of drug-likeness (QED) is 0.791. The molecule has 6 heteroatoms. The van der Waals surface area contributed by atoms with Crippen molar-refractivity contribution in [1.82, 2.24) is 20.4 Å². The lowest BCUT2D eigenvalue weighted by molar-refractivity contribution is 0.0946. The molecule has 3 rings (SSSR count). The van der Waals surface area contributed by atoms with Crippen molar-refractivity contribution in [3.05, 3.63) is 66.3 Å². The Morgan fingerprint density at radius 3 is 2.62 bits per heavy atom. The van der Waals surface area contributed by atoms with Gasteiger partial charge in [0, 0.05) is 23.5 Å². The van der Waals surface area contributed by atoms with Crippen molar-refractivity contribution in [2.45, 2.75) is 6.54 Å². The number of benzene rings is 1. The summed E-state index contributed by atoms with van der Waals surface area (Å²) in [7, 11) is 0. The molecule has 6 nitrogen and oxygen atoms in total. The second kappa shape index (κ2) is 5.96. The lowest BCUT2D eigenvalue weighted by Crippen LogP contribution is -2.22. The molecule has 104 valence electrons. The Hall–Kier alpha value is -3.02. The molecule has 0 radical (unpaired) electrons. The third kappa shape index (κ3) is 3.11. The molecule has 0 atom stereocenters. The molecule has 3 aromatic rings. The summed E-state index contributed by atoms with van der Waals surface area (Å²) in [6, 6.07) is 12.5. The van der Waals surface area contributed by atoms with E-state index in [9.17, 15) is 4.79 Å². The van der Waals surface area contributed by atoms with Gasteiger partial charge in [0.25, 0.3) is 5.91 Å². The van der Waals surface area contributed by atoms with Crippen LogP contribution in [-0.4, -0.2) is 21.0 Å². The first kappa shape index (κ1) is 13.0. The van der Waals surface area contributed by atoms with Crippen LogP contribution >= 0.6 is 0 Å². The van der Waals surface area contributed by atoms with Crippen LogP contribution in [0.5, 0.6) is 0 Å². The highest BCUT2D eigenvalue weighted by Crippen LogP contribution is 2.13. The van der Waals surface area contributed by atoms with E-state index in [1.807, 2.05) is 18.2 Å². The van der Waals surface area contributed by atoms with Crippen LogP contribution in [0.25, 0.3) is 11.4 Å². The highest BCUT2D eigenvalue weighted by molar-refractivity contribution is 5.93. The molecular weight excluding hydrogens is 268 g/mol. The van der Waals surface area contributed by atoms with Crippen LogP contribution in [0.3, 0.4) is 0 Å². The molecule has 0 aliphatic rings. The summed E-state index contributed by atoms with van der Waals surface area (Å²) in [6.07, 6.45) is 3.31. The average molecular weight is 280 g/mol. The maximum absolute atomic E-state index is 11.9. The fraction of sp³-hybridized carbons (Fsp3) is 0.0667. The minimum atomic E-state index is -0.181. The fourth-order valence-corrected chi connectivity index (χ4v) is 1.79. The van der Waals surface area contributed by atoms with Crippen LogP contribution in [0.1, 0.15) is 16.2 Å². The van der Waals surface area contributed by atoms with Crippen LogP contribution in [-0.2, 0) is 6.54 Å². The van der Waals surface area contributed by atoms with Crippen LogP contribution in [0.2, 0.25) is 0 Å². The van der Waals surface area contributed by atoms with E-state index in [0.717, 1.165) is 5.56 Å². The number of hydrogen-bond acceptors (Lipinski definition) is 5. The summed E-state index contributed by atoms with van der Waals surface area (Å²) in [6.45, 7) is 0.186. The highest BCUT2D eigenvalue weighted by atomic mass is 16.5. The topological polar surface area (TPSA) is 80.9 Å². The number of amides is 1. The third-order valence-corrected chi connectivity index (χ3v) is 2.84. The molecule has 0 spiro atoms. The van der Waals surface area contributed by atoms with Crippen LogP contribution < -0.4 is 5.32 Å². The number of carbonyl (C=O) groups excluding carboxylic acids is 1.